The van der Waals surface area contributed by atoms with E-state index in [4.69, 9.17) is 4.52 Å². The lowest BCUT2D eigenvalue weighted by Crippen LogP contribution is -2.13. The average molecular weight is 289 g/mol. The van der Waals surface area contributed by atoms with Crippen LogP contribution in [-0.2, 0) is 10.0 Å². The number of hydrogen-bond acceptors (Lipinski definition) is 5. The van der Waals surface area contributed by atoms with Crippen LogP contribution in [0.5, 0.6) is 0 Å². The van der Waals surface area contributed by atoms with E-state index in [2.05, 4.69) is 14.9 Å². The highest BCUT2D eigenvalue weighted by Gasteiger charge is 2.17. The van der Waals surface area contributed by atoms with Crippen molar-refractivity contribution in [3.8, 4) is 0 Å². The van der Waals surface area contributed by atoms with Gasteiger partial charge >= 0.3 is 0 Å². The van der Waals surface area contributed by atoms with Gasteiger partial charge in [-0.15, -0.1) is 0 Å². The molecular formula is C13H11N3O3S. The standard InChI is InChI=1S/C13H11N3O3S/c1-9-14-13(15-19-9)16-20(17,18)12-7-6-10-4-2-3-5-11(10)8-12/h2-8H,1H3,(H,15,16). The largest absolute Gasteiger partial charge is 0.338 e. The number of sulfonamides is 1. The van der Waals surface area contributed by atoms with Crippen molar-refractivity contribution in [3.63, 3.8) is 0 Å². The number of hydrogen-bond donors (Lipinski definition) is 1. The Morgan fingerprint density at radius 2 is 1.85 bits per heavy atom. The van der Waals surface area contributed by atoms with Crippen molar-refractivity contribution >= 4 is 26.7 Å². The first-order chi connectivity index (χ1) is 9.54. The maximum Gasteiger partial charge on any atom is 0.277 e. The number of aryl methyl sites for hydroxylation is 1. The first kappa shape index (κ1) is 12.6. The molecule has 0 amide bonds. The third kappa shape index (κ3) is 2.35. The maximum atomic E-state index is 12.2. The zero-order chi connectivity index (χ0) is 14.2. The lowest BCUT2D eigenvalue weighted by atomic mass is 10.1. The average Bonchev–Trinajstić information content (AvgIpc) is 2.83. The number of nitrogens with one attached hydrogen (secondary N) is 1. The molecule has 6 nitrogen and oxygen atoms in total. The summed E-state index contributed by atoms with van der Waals surface area (Å²) in [5.74, 6) is 0.219. The Kier molecular flexibility index (Phi) is 2.90. The molecule has 3 aromatic rings. The molecule has 1 heterocycles. The number of fused-ring (bicyclic) bond motifs is 1. The molecule has 2 aromatic carbocycles. The summed E-state index contributed by atoms with van der Waals surface area (Å²) in [5, 5.41) is 5.33. The van der Waals surface area contributed by atoms with Gasteiger partial charge in [0.1, 0.15) is 0 Å². The van der Waals surface area contributed by atoms with E-state index in [1.807, 2.05) is 24.3 Å². The molecular weight excluding hydrogens is 278 g/mol. The summed E-state index contributed by atoms with van der Waals surface area (Å²) in [6.45, 7) is 1.58. The summed E-state index contributed by atoms with van der Waals surface area (Å²) in [6, 6.07) is 12.4. The van der Waals surface area contributed by atoms with E-state index < -0.39 is 10.0 Å². The fourth-order valence-corrected chi connectivity index (χ4v) is 2.82. The van der Waals surface area contributed by atoms with Crippen molar-refractivity contribution in [2.45, 2.75) is 11.8 Å². The Morgan fingerprint density at radius 3 is 2.55 bits per heavy atom. The molecule has 3 rings (SSSR count). The molecule has 0 unspecified atom stereocenters. The zero-order valence-electron chi connectivity index (χ0n) is 10.6. The van der Waals surface area contributed by atoms with Crippen LogP contribution in [0.4, 0.5) is 5.95 Å². The van der Waals surface area contributed by atoms with Crippen LogP contribution in [0.25, 0.3) is 10.8 Å². The molecule has 20 heavy (non-hydrogen) atoms. The fraction of sp³-hybridized carbons (Fsp3) is 0.0769. The first-order valence-electron chi connectivity index (χ1n) is 5.86. The van der Waals surface area contributed by atoms with Gasteiger partial charge in [-0.05, 0) is 28.1 Å². The number of anilines is 1. The molecule has 0 atom stereocenters. The maximum absolute atomic E-state index is 12.2. The minimum Gasteiger partial charge on any atom is -0.338 e. The molecule has 1 aromatic heterocycles. The summed E-state index contributed by atoms with van der Waals surface area (Å²) in [6.07, 6.45) is 0. The molecule has 0 saturated heterocycles. The molecule has 0 spiro atoms. The van der Waals surface area contributed by atoms with E-state index in [1.165, 1.54) is 6.07 Å². The summed E-state index contributed by atoms with van der Waals surface area (Å²) in [4.78, 5) is 3.97. The molecule has 0 aliphatic carbocycles. The second kappa shape index (κ2) is 4.61. The fourth-order valence-electron chi connectivity index (χ4n) is 1.85. The van der Waals surface area contributed by atoms with Crippen LogP contribution in [0.2, 0.25) is 0 Å². The predicted molar refractivity (Wildman–Crippen MR) is 73.8 cm³/mol. The van der Waals surface area contributed by atoms with Crippen molar-refractivity contribution in [1.82, 2.24) is 10.1 Å². The van der Waals surface area contributed by atoms with Crippen LogP contribution in [0.3, 0.4) is 0 Å². The topological polar surface area (TPSA) is 85.1 Å². The number of benzene rings is 2. The van der Waals surface area contributed by atoms with Gasteiger partial charge in [0.25, 0.3) is 16.0 Å². The molecule has 0 saturated carbocycles. The van der Waals surface area contributed by atoms with Gasteiger partial charge in [0.2, 0.25) is 5.89 Å². The highest BCUT2D eigenvalue weighted by atomic mass is 32.2. The molecule has 0 aliphatic rings. The van der Waals surface area contributed by atoms with Crippen molar-refractivity contribution in [3.05, 3.63) is 48.4 Å². The quantitative estimate of drug-likeness (QED) is 0.799. The van der Waals surface area contributed by atoms with Crippen LogP contribution < -0.4 is 4.72 Å². The van der Waals surface area contributed by atoms with E-state index in [-0.39, 0.29) is 10.8 Å². The third-order valence-corrected chi connectivity index (χ3v) is 4.11. The zero-order valence-corrected chi connectivity index (χ0v) is 11.4. The van der Waals surface area contributed by atoms with Gasteiger partial charge in [-0.3, -0.25) is 0 Å². The Balaban J connectivity index is 2.00. The van der Waals surface area contributed by atoms with Crippen molar-refractivity contribution < 1.29 is 12.9 Å². The number of aromatic nitrogens is 2. The van der Waals surface area contributed by atoms with E-state index in [0.717, 1.165) is 10.8 Å². The van der Waals surface area contributed by atoms with E-state index in [1.54, 1.807) is 19.1 Å². The highest BCUT2D eigenvalue weighted by molar-refractivity contribution is 7.92. The number of nitrogens with zero attached hydrogens (tertiary/aromatic N) is 2. The molecule has 0 bridgehead atoms. The summed E-state index contributed by atoms with van der Waals surface area (Å²) in [5.41, 5.74) is 0. The van der Waals surface area contributed by atoms with E-state index in [9.17, 15) is 8.42 Å². The Labute approximate surface area is 115 Å². The summed E-state index contributed by atoms with van der Waals surface area (Å²) in [7, 11) is -3.73. The Hall–Kier alpha value is -2.41. The SMILES string of the molecule is Cc1nc(NS(=O)(=O)c2ccc3ccccc3c2)no1. The molecule has 0 radical (unpaired) electrons. The summed E-state index contributed by atoms with van der Waals surface area (Å²) >= 11 is 0. The van der Waals surface area contributed by atoms with Crippen LogP contribution in [0.1, 0.15) is 5.89 Å². The van der Waals surface area contributed by atoms with E-state index >= 15 is 0 Å². The van der Waals surface area contributed by atoms with Gasteiger partial charge in [0.05, 0.1) is 4.90 Å². The van der Waals surface area contributed by atoms with Crippen LogP contribution in [0.15, 0.2) is 51.9 Å². The van der Waals surface area contributed by atoms with Gasteiger partial charge in [0.15, 0.2) is 0 Å². The van der Waals surface area contributed by atoms with Crippen LogP contribution in [-0.4, -0.2) is 18.6 Å². The van der Waals surface area contributed by atoms with Crippen molar-refractivity contribution in [2.24, 2.45) is 0 Å². The van der Waals surface area contributed by atoms with Gasteiger partial charge in [-0.25, -0.2) is 13.1 Å². The van der Waals surface area contributed by atoms with Crippen molar-refractivity contribution in [1.29, 1.82) is 0 Å². The molecule has 7 heteroatoms. The second-order valence-electron chi connectivity index (χ2n) is 4.25. The third-order valence-electron chi connectivity index (χ3n) is 2.78. The minimum atomic E-state index is -3.73. The lowest BCUT2D eigenvalue weighted by Gasteiger charge is -2.05. The lowest BCUT2D eigenvalue weighted by molar-refractivity contribution is 0.395. The minimum absolute atomic E-state index is 0.0735. The predicted octanol–water partition coefficient (Wildman–Crippen LogP) is 2.33. The van der Waals surface area contributed by atoms with Crippen molar-refractivity contribution in [2.75, 3.05) is 4.72 Å². The second-order valence-corrected chi connectivity index (χ2v) is 5.93. The smallest absolute Gasteiger partial charge is 0.277 e. The monoisotopic (exact) mass is 289 g/mol. The van der Waals surface area contributed by atoms with Gasteiger partial charge in [-0.1, -0.05) is 30.3 Å². The summed E-state index contributed by atoms with van der Waals surface area (Å²) < 4.78 is 31.4. The first-order valence-corrected chi connectivity index (χ1v) is 7.35. The van der Waals surface area contributed by atoms with E-state index in [0.29, 0.717) is 5.89 Å². The Bertz CT molecular complexity index is 871. The molecule has 1 N–H and O–H groups in total. The van der Waals surface area contributed by atoms with Gasteiger partial charge in [0, 0.05) is 6.92 Å². The van der Waals surface area contributed by atoms with Gasteiger partial charge < -0.3 is 4.52 Å². The molecule has 0 fully saturated rings. The highest BCUT2D eigenvalue weighted by Crippen LogP contribution is 2.20. The number of rotatable bonds is 3. The Morgan fingerprint density at radius 1 is 1.10 bits per heavy atom. The van der Waals surface area contributed by atoms with Crippen LogP contribution in [0, 0.1) is 6.92 Å². The molecule has 0 aliphatic heterocycles. The van der Waals surface area contributed by atoms with Gasteiger partial charge in [-0.2, -0.15) is 4.98 Å². The van der Waals surface area contributed by atoms with Crippen LogP contribution >= 0.6 is 0 Å². The molecule has 102 valence electrons. The normalized spacial score (nSPS) is 11.7.